The molecule has 0 amide bonds. The predicted molar refractivity (Wildman–Crippen MR) is 54.3 cm³/mol. The third kappa shape index (κ3) is 7.06. The minimum absolute atomic E-state index is 0.997. The number of nitrogens with zero attached hydrogens (tertiary/aromatic N) is 1. The highest BCUT2D eigenvalue weighted by Crippen LogP contribution is 2.05. The molecule has 0 aliphatic carbocycles. The van der Waals surface area contributed by atoms with E-state index in [9.17, 15) is 5.21 Å². The van der Waals surface area contributed by atoms with Crippen LogP contribution in [0.3, 0.4) is 0 Å². The van der Waals surface area contributed by atoms with Crippen LogP contribution in [0.5, 0.6) is 0 Å². The van der Waals surface area contributed by atoms with Gasteiger partial charge in [0, 0.05) is 6.21 Å². The molecule has 0 aromatic carbocycles. The Kier molecular flexibility index (Phi) is 6.07. The normalized spacial score (nSPS) is 12.1. The van der Waals surface area contributed by atoms with Gasteiger partial charge in [0.2, 0.25) is 0 Å². The van der Waals surface area contributed by atoms with E-state index in [0.29, 0.717) is 0 Å². The summed E-state index contributed by atoms with van der Waals surface area (Å²) in [4.78, 5) is 0. The summed E-state index contributed by atoms with van der Waals surface area (Å²) in [6.45, 7) is 6.16. The van der Waals surface area contributed by atoms with Gasteiger partial charge in [0.05, 0.1) is 0 Å². The van der Waals surface area contributed by atoms with Crippen LogP contribution in [0.4, 0.5) is 0 Å². The number of rotatable bonds is 4. The van der Waals surface area contributed by atoms with Crippen LogP contribution in [0.2, 0.25) is 0 Å². The molecule has 2 heteroatoms. The molecule has 0 unspecified atom stereocenters. The van der Waals surface area contributed by atoms with E-state index in [1.165, 1.54) is 17.4 Å². The van der Waals surface area contributed by atoms with Crippen molar-refractivity contribution in [2.75, 3.05) is 0 Å². The fraction of sp³-hybridized carbons (Fsp3) is 0.500. The highest BCUT2D eigenvalue weighted by Gasteiger charge is 1.86. The van der Waals surface area contributed by atoms with Crippen molar-refractivity contribution >= 4 is 6.21 Å². The smallest absolute Gasteiger partial charge is 0.0156 e. The highest BCUT2D eigenvalue weighted by molar-refractivity contribution is 5.72. The van der Waals surface area contributed by atoms with E-state index in [2.05, 4.69) is 25.1 Å². The zero-order valence-corrected chi connectivity index (χ0v) is 8.00. The molecule has 0 aliphatic rings. The van der Waals surface area contributed by atoms with Crippen LogP contribution in [0.15, 0.2) is 28.5 Å². The summed E-state index contributed by atoms with van der Waals surface area (Å²) in [6.07, 6.45) is 7.27. The standard InChI is InChI=1S/C10H17NO/c1-9(2)5-4-6-10(3)7-8-11-12/h5,7-8,12H,4,6H2,1-3H3/p-1/b10-7-,11-8-. The highest BCUT2D eigenvalue weighted by atomic mass is 16.4. The summed E-state index contributed by atoms with van der Waals surface area (Å²) in [5, 5.41) is 12.4. The first-order valence-electron chi connectivity index (χ1n) is 4.11. The van der Waals surface area contributed by atoms with E-state index in [4.69, 9.17) is 0 Å². The van der Waals surface area contributed by atoms with E-state index < -0.39 is 0 Å². The molecule has 0 saturated carbocycles. The lowest BCUT2D eigenvalue weighted by molar-refractivity contribution is 0.969. The molecule has 0 aliphatic heterocycles. The van der Waals surface area contributed by atoms with Crippen LogP contribution < -0.4 is 0 Å². The average molecular weight is 166 g/mol. The van der Waals surface area contributed by atoms with Crippen molar-refractivity contribution in [3.05, 3.63) is 28.5 Å². The van der Waals surface area contributed by atoms with Crippen molar-refractivity contribution in [3.8, 4) is 0 Å². The summed E-state index contributed by atoms with van der Waals surface area (Å²) < 4.78 is 0. The predicted octanol–water partition coefficient (Wildman–Crippen LogP) is 3.25. The second-order valence-electron chi connectivity index (χ2n) is 3.09. The molecule has 2 nitrogen and oxygen atoms in total. The summed E-state index contributed by atoms with van der Waals surface area (Å²) >= 11 is 0. The van der Waals surface area contributed by atoms with Crippen molar-refractivity contribution < 1.29 is 0 Å². The molecular formula is C10H16NO-. The maximum atomic E-state index is 9.73. The fourth-order valence-corrected chi connectivity index (χ4v) is 0.830. The molecule has 0 N–H and O–H groups in total. The molecule has 0 bridgehead atoms. The minimum atomic E-state index is 0.997. The van der Waals surface area contributed by atoms with Gasteiger partial charge in [-0.15, -0.1) is 0 Å². The molecule has 0 radical (unpaired) electrons. The molecular weight excluding hydrogens is 150 g/mol. The Balaban J connectivity index is 3.71. The first kappa shape index (κ1) is 11.0. The second kappa shape index (κ2) is 6.65. The lowest BCUT2D eigenvalue weighted by Crippen LogP contribution is -1.77. The molecule has 0 saturated heterocycles. The van der Waals surface area contributed by atoms with E-state index in [1.807, 2.05) is 6.92 Å². The Labute approximate surface area is 74.3 Å². The molecule has 0 spiro atoms. The molecule has 0 fully saturated rings. The van der Waals surface area contributed by atoms with Crippen molar-refractivity contribution in [3.63, 3.8) is 0 Å². The van der Waals surface area contributed by atoms with Gasteiger partial charge >= 0.3 is 0 Å². The van der Waals surface area contributed by atoms with Crippen molar-refractivity contribution in [2.45, 2.75) is 33.6 Å². The maximum Gasteiger partial charge on any atom is 0.0156 e. The largest absolute Gasteiger partial charge is 0.792 e. The lowest BCUT2D eigenvalue weighted by atomic mass is 10.1. The summed E-state index contributed by atoms with van der Waals surface area (Å²) in [5.41, 5.74) is 2.52. The monoisotopic (exact) mass is 166 g/mol. The summed E-state index contributed by atoms with van der Waals surface area (Å²) in [6, 6.07) is 0. The van der Waals surface area contributed by atoms with Crippen LogP contribution in [0, 0.1) is 5.21 Å². The molecule has 0 aromatic rings. The van der Waals surface area contributed by atoms with Crippen LogP contribution >= 0.6 is 0 Å². The van der Waals surface area contributed by atoms with Gasteiger partial charge in [0.1, 0.15) is 0 Å². The molecule has 0 aromatic heterocycles. The summed E-state index contributed by atoms with van der Waals surface area (Å²) in [5.74, 6) is 0. The Bertz CT molecular complexity index is 198. The van der Waals surface area contributed by atoms with Crippen LogP contribution in [0.25, 0.3) is 0 Å². The molecule has 0 heterocycles. The van der Waals surface area contributed by atoms with Gasteiger partial charge in [-0.05, 0) is 39.7 Å². The van der Waals surface area contributed by atoms with Crippen LogP contribution in [-0.4, -0.2) is 6.21 Å². The van der Waals surface area contributed by atoms with E-state index in [-0.39, 0.29) is 0 Å². The van der Waals surface area contributed by atoms with Crippen LogP contribution in [0.1, 0.15) is 33.6 Å². The number of hydrogen-bond acceptors (Lipinski definition) is 2. The molecule has 68 valence electrons. The molecule has 0 rings (SSSR count). The maximum absolute atomic E-state index is 9.73. The fourth-order valence-electron chi connectivity index (χ4n) is 0.830. The lowest BCUT2D eigenvalue weighted by Gasteiger charge is -1.96. The van der Waals surface area contributed by atoms with Gasteiger partial charge in [0.25, 0.3) is 0 Å². The number of allylic oxidation sites excluding steroid dienone is 4. The summed E-state index contributed by atoms with van der Waals surface area (Å²) in [7, 11) is 0. The van der Waals surface area contributed by atoms with Gasteiger partial charge in [-0.25, -0.2) is 0 Å². The van der Waals surface area contributed by atoms with Gasteiger partial charge in [-0.3, -0.25) is 0 Å². The Morgan fingerprint density at radius 3 is 2.50 bits per heavy atom. The van der Waals surface area contributed by atoms with Gasteiger partial charge in [-0.1, -0.05) is 17.2 Å². The average Bonchev–Trinajstić information content (AvgIpc) is 2.00. The minimum Gasteiger partial charge on any atom is -0.792 e. The SMILES string of the molecule is CC(C)=CCC/C(C)=C\C=N/[O-]. The first-order valence-corrected chi connectivity index (χ1v) is 4.11. The topological polar surface area (TPSA) is 35.4 Å². The molecule has 0 atom stereocenters. The molecule has 12 heavy (non-hydrogen) atoms. The van der Waals surface area contributed by atoms with Crippen LogP contribution in [-0.2, 0) is 0 Å². The first-order chi connectivity index (χ1) is 5.66. The van der Waals surface area contributed by atoms with Crippen molar-refractivity contribution in [2.24, 2.45) is 5.16 Å². The quantitative estimate of drug-likeness (QED) is 0.358. The third-order valence-electron chi connectivity index (χ3n) is 1.51. The Morgan fingerprint density at radius 2 is 2.00 bits per heavy atom. The van der Waals surface area contributed by atoms with Gasteiger partial charge in [-0.2, -0.15) is 0 Å². The number of hydrogen-bond donors (Lipinski definition) is 0. The van der Waals surface area contributed by atoms with Gasteiger partial charge < -0.3 is 10.4 Å². The Hall–Kier alpha value is -1.05. The Morgan fingerprint density at radius 1 is 1.33 bits per heavy atom. The van der Waals surface area contributed by atoms with Crippen molar-refractivity contribution in [1.82, 2.24) is 0 Å². The zero-order valence-electron chi connectivity index (χ0n) is 8.00. The second-order valence-corrected chi connectivity index (χ2v) is 3.09. The van der Waals surface area contributed by atoms with E-state index in [1.54, 1.807) is 6.08 Å². The van der Waals surface area contributed by atoms with E-state index >= 15 is 0 Å². The van der Waals surface area contributed by atoms with E-state index in [0.717, 1.165) is 12.8 Å². The van der Waals surface area contributed by atoms with Gasteiger partial charge in [0.15, 0.2) is 0 Å². The zero-order chi connectivity index (χ0) is 9.40. The third-order valence-corrected chi connectivity index (χ3v) is 1.51. The van der Waals surface area contributed by atoms with Crippen molar-refractivity contribution in [1.29, 1.82) is 0 Å².